The van der Waals surface area contributed by atoms with E-state index in [1.807, 2.05) is 0 Å². The summed E-state index contributed by atoms with van der Waals surface area (Å²) in [7, 11) is 0. The van der Waals surface area contributed by atoms with Crippen LogP contribution in [0.5, 0.6) is 0 Å². The molecular weight excluding hydrogens is 122 g/mol. The predicted octanol–water partition coefficient (Wildman–Crippen LogP) is -5.80. The van der Waals surface area contributed by atoms with Gasteiger partial charge >= 0.3 is 59.1 Å². The van der Waals surface area contributed by atoms with Crippen molar-refractivity contribution in [2.45, 2.75) is 0 Å². The molecule has 0 amide bonds. The van der Waals surface area contributed by atoms with E-state index in [-0.39, 0.29) is 70.1 Å². The molecule has 0 aliphatic heterocycles. The molecule has 2 N–H and O–H groups in total. The number of hydrogen-bond donors (Lipinski definition) is 1. The summed E-state index contributed by atoms with van der Waals surface area (Å²) in [6, 6.07) is 0. The summed E-state index contributed by atoms with van der Waals surface area (Å²) >= 11 is 3.53. The van der Waals surface area contributed by atoms with Gasteiger partial charge in [-0.3, -0.25) is 0 Å². The molecule has 0 radical (unpaired) electrons. The maximum Gasteiger partial charge on any atom is 1.00 e. The standard InChI is InChI=1S/CH4S.2Na.2H2O/c1-2;;;;/h2H,1H3;;;2*1H2/q;2*+1;;/p-2. The Labute approximate surface area is 87.7 Å². The van der Waals surface area contributed by atoms with Gasteiger partial charge in [0.15, 0.2) is 0 Å². The minimum atomic E-state index is 0. The van der Waals surface area contributed by atoms with E-state index >= 15 is 0 Å². The van der Waals surface area contributed by atoms with Crippen molar-refractivity contribution in [3.8, 4) is 0 Å². The Hall–Kier alpha value is 2.27. The van der Waals surface area contributed by atoms with Crippen LogP contribution in [0.2, 0.25) is 0 Å². The molecule has 0 atom stereocenters. The maximum absolute atomic E-state index is 3.53. The number of thiol groups is 1. The zero-order valence-electron chi connectivity index (χ0n) is 4.34. The average Bonchev–Trinajstić information content (AvgIpc) is 1.00. The molecule has 6 heavy (non-hydrogen) atoms. The largest absolute Gasteiger partial charge is 1.00 e. The molecule has 2 nitrogen and oxygen atoms in total. The van der Waals surface area contributed by atoms with Crippen molar-refractivity contribution in [3.05, 3.63) is 0 Å². The Morgan fingerprint density at radius 3 is 0.833 bits per heavy atom. The first-order valence-electron chi connectivity index (χ1n) is 0.447. The van der Waals surface area contributed by atoms with Crippen LogP contribution in [0.25, 0.3) is 0 Å². The first-order chi connectivity index (χ1) is 1.00. The van der Waals surface area contributed by atoms with Gasteiger partial charge in [-0.15, -0.1) is 0 Å². The molecule has 0 saturated heterocycles. The van der Waals surface area contributed by atoms with Gasteiger partial charge in [0.1, 0.15) is 0 Å². The van der Waals surface area contributed by atoms with Crippen LogP contribution < -0.4 is 59.1 Å². The smallest absolute Gasteiger partial charge is 0.870 e. The van der Waals surface area contributed by atoms with Crippen LogP contribution >= 0.6 is 12.6 Å². The summed E-state index contributed by atoms with van der Waals surface area (Å²) in [6.07, 6.45) is 1.69. The molecule has 0 fully saturated rings. The molecule has 0 aromatic carbocycles. The summed E-state index contributed by atoms with van der Waals surface area (Å²) in [5.41, 5.74) is 0. The first kappa shape index (κ1) is 40.9. The van der Waals surface area contributed by atoms with Gasteiger partial charge < -0.3 is 11.0 Å². The van der Waals surface area contributed by atoms with Crippen LogP contribution in [0.3, 0.4) is 0 Å². The van der Waals surface area contributed by atoms with E-state index in [9.17, 15) is 0 Å². The molecule has 30 valence electrons. The van der Waals surface area contributed by atoms with Crippen LogP contribution in [0.4, 0.5) is 0 Å². The fraction of sp³-hybridized carbons (Fsp3) is 1.00. The first-order valence-corrected chi connectivity index (χ1v) is 1.34. The Morgan fingerprint density at radius 2 is 0.833 bits per heavy atom. The topological polar surface area (TPSA) is 60.0 Å². The molecular formula is CH6Na2O2S. The number of hydrogen-bond acceptors (Lipinski definition) is 3. The van der Waals surface area contributed by atoms with E-state index in [2.05, 4.69) is 12.6 Å². The van der Waals surface area contributed by atoms with Gasteiger partial charge in [-0.25, -0.2) is 0 Å². The van der Waals surface area contributed by atoms with Gasteiger partial charge in [0.2, 0.25) is 0 Å². The molecule has 0 saturated carbocycles. The normalized spacial score (nSPS) is 1.00. The SMILES string of the molecule is CS.[Na+].[Na+].[OH-].[OH-]. The summed E-state index contributed by atoms with van der Waals surface area (Å²) in [5, 5.41) is 0. The fourth-order valence-corrected chi connectivity index (χ4v) is 0. The van der Waals surface area contributed by atoms with E-state index in [1.165, 1.54) is 0 Å². The average molecular weight is 128 g/mol. The predicted molar refractivity (Wildman–Crippen MR) is 18.8 cm³/mol. The second kappa shape index (κ2) is 55.5. The monoisotopic (exact) mass is 128 g/mol. The van der Waals surface area contributed by atoms with Crippen molar-refractivity contribution in [1.82, 2.24) is 0 Å². The van der Waals surface area contributed by atoms with Crippen molar-refractivity contribution >= 4 is 12.6 Å². The summed E-state index contributed by atoms with van der Waals surface area (Å²) < 4.78 is 0. The van der Waals surface area contributed by atoms with Crippen LogP contribution in [0, 0.1) is 0 Å². The Balaban J connectivity index is -0.000000000833. The van der Waals surface area contributed by atoms with Gasteiger partial charge in [-0.2, -0.15) is 12.6 Å². The summed E-state index contributed by atoms with van der Waals surface area (Å²) in [6.45, 7) is 0. The molecule has 0 bridgehead atoms. The van der Waals surface area contributed by atoms with Crippen LogP contribution in [0.15, 0.2) is 0 Å². The van der Waals surface area contributed by atoms with Gasteiger partial charge in [0.25, 0.3) is 0 Å². The van der Waals surface area contributed by atoms with Crippen LogP contribution in [0.1, 0.15) is 0 Å². The minimum Gasteiger partial charge on any atom is -0.870 e. The molecule has 0 unspecified atom stereocenters. The molecule has 0 heterocycles. The van der Waals surface area contributed by atoms with Gasteiger partial charge in [-0.05, 0) is 6.26 Å². The second-order valence-electron chi connectivity index (χ2n) is 0. The second-order valence-corrected chi connectivity index (χ2v) is 0. The van der Waals surface area contributed by atoms with Gasteiger partial charge in [-0.1, -0.05) is 0 Å². The van der Waals surface area contributed by atoms with Crippen LogP contribution in [-0.2, 0) is 0 Å². The Bertz CT molecular complexity index is 11.5. The third kappa shape index (κ3) is 33.8. The van der Waals surface area contributed by atoms with Crippen LogP contribution in [-0.4, -0.2) is 17.2 Å². The summed E-state index contributed by atoms with van der Waals surface area (Å²) in [5.74, 6) is 0. The van der Waals surface area contributed by atoms with Gasteiger partial charge in [0, 0.05) is 0 Å². The molecule has 5 heteroatoms. The van der Waals surface area contributed by atoms with Gasteiger partial charge in [0.05, 0.1) is 0 Å². The van der Waals surface area contributed by atoms with E-state index < -0.39 is 0 Å². The third-order valence-corrected chi connectivity index (χ3v) is 0. The Morgan fingerprint density at radius 1 is 0.833 bits per heavy atom. The third-order valence-electron chi connectivity index (χ3n) is 0. The molecule has 0 aromatic rings. The maximum atomic E-state index is 3.53. The fourth-order valence-electron chi connectivity index (χ4n) is 0. The summed E-state index contributed by atoms with van der Waals surface area (Å²) in [4.78, 5) is 0. The van der Waals surface area contributed by atoms with Crippen molar-refractivity contribution in [2.75, 3.05) is 6.26 Å². The van der Waals surface area contributed by atoms with E-state index in [0.717, 1.165) is 0 Å². The van der Waals surface area contributed by atoms with E-state index in [4.69, 9.17) is 0 Å². The quantitative estimate of drug-likeness (QED) is 0.261. The van der Waals surface area contributed by atoms with Crippen molar-refractivity contribution in [3.63, 3.8) is 0 Å². The van der Waals surface area contributed by atoms with Crippen molar-refractivity contribution in [2.24, 2.45) is 0 Å². The van der Waals surface area contributed by atoms with Crippen molar-refractivity contribution in [1.29, 1.82) is 0 Å². The molecule has 0 spiro atoms. The zero-order chi connectivity index (χ0) is 2.00. The Kier molecular flexibility index (Phi) is 378. The number of rotatable bonds is 0. The molecule has 0 aromatic heterocycles. The van der Waals surface area contributed by atoms with E-state index in [1.54, 1.807) is 6.26 Å². The zero-order valence-corrected chi connectivity index (χ0v) is 9.24. The molecule has 0 aliphatic rings. The minimum absolute atomic E-state index is 0. The van der Waals surface area contributed by atoms with E-state index in [0.29, 0.717) is 0 Å². The molecule has 0 aliphatic carbocycles. The van der Waals surface area contributed by atoms with Crippen molar-refractivity contribution < 1.29 is 70.1 Å². The molecule has 0 rings (SSSR count).